The third-order valence-corrected chi connectivity index (χ3v) is 4.10. The van der Waals surface area contributed by atoms with E-state index in [2.05, 4.69) is 29.1 Å². The van der Waals surface area contributed by atoms with E-state index in [0.717, 1.165) is 45.2 Å². The summed E-state index contributed by atoms with van der Waals surface area (Å²) in [5, 5.41) is 3.47. The molecule has 0 spiro atoms. The van der Waals surface area contributed by atoms with Crippen molar-refractivity contribution in [1.82, 2.24) is 10.2 Å². The summed E-state index contributed by atoms with van der Waals surface area (Å²) < 4.78 is 5.37. The summed E-state index contributed by atoms with van der Waals surface area (Å²) in [6.45, 7) is 11.6. The van der Waals surface area contributed by atoms with Crippen LogP contribution in [0.4, 0.5) is 0 Å². The first-order valence-electron chi connectivity index (χ1n) is 8.18. The highest BCUT2D eigenvalue weighted by Gasteiger charge is 2.31. The molecule has 1 saturated heterocycles. The van der Waals surface area contributed by atoms with Crippen LogP contribution in [0.3, 0.4) is 0 Å². The van der Waals surface area contributed by atoms with Crippen LogP contribution < -0.4 is 5.32 Å². The van der Waals surface area contributed by atoms with Crippen molar-refractivity contribution in [3.8, 4) is 0 Å². The summed E-state index contributed by atoms with van der Waals surface area (Å²) in [7, 11) is 1.89. The summed E-state index contributed by atoms with van der Waals surface area (Å²) in [5.74, 6) is 1.06. The number of aliphatic imine (C=N–C) groups is 1. The van der Waals surface area contributed by atoms with Gasteiger partial charge >= 0.3 is 0 Å². The molecular formula is C16H34IN3O. The monoisotopic (exact) mass is 411 g/mol. The Kier molecular flexibility index (Phi) is 11.5. The zero-order valence-electron chi connectivity index (χ0n) is 14.3. The van der Waals surface area contributed by atoms with Gasteiger partial charge in [0.1, 0.15) is 0 Å². The lowest BCUT2D eigenvalue weighted by Gasteiger charge is -2.42. The average molecular weight is 411 g/mol. The Morgan fingerprint density at radius 3 is 2.76 bits per heavy atom. The Labute approximate surface area is 148 Å². The molecule has 1 atom stereocenters. The first kappa shape index (κ1) is 21.0. The molecule has 1 aliphatic rings. The molecular weight excluding hydrogens is 377 g/mol. The molecule has 1 aliphatic heterocycles. The second kappa shape index (κ2) is 11.5. The summed E-state index contributed by atoms with van der Waals surface area (Å²) in [6, 6.07) is 0. The van der Waals surface area contributed by atoms with Gasteiger partial charge in [-0.15, -0.1) is 24.0 Å². The van der Waals surface area contributed by atoms with Gasteiger partial charge in [-0.25, -0.2) is 0 Å². The van der Waals surface area contributed by atoms with Gasteiger partial charge in [-0.2, -0.15) is 0 Å². The second-order valence-corrected chi connectivity index (χ2v) is 6.11. The molecule has 1 fully saturated rings. The zero-order chi connectivity index (χ0) is 14.8. The maximum Gasteiger partial charge on any atom is 0.193 e. The number of nitrogens with one attached hydrogen (secondary N) is 1. The van der Waals surface area contributed by atoms with Gasteiger partial charge in [0.15, 0.2) is 5.96 Å². The normalized spacial score (nSPS) is 22.9. The molecule has 0 aromatic rings. The molecule has 0 aliphatic carbocycles. The Morgan fingerprint density at radius 1 is 1.38 bits per heavy atom. The van der Waals surface area contributed by atoms with Crippen LogP contribution in [0.5, 0.6) is 0 Å². The Bertz CT molecular complexity index is 295. The van der Waals surface area contributed by atoms with Crippen LogP contribution >= 0.6 is 24.0 Å². The van der Waals surface area contributed by atoms with Gasteiger partial charge in [0.2, 0.25) is 0 Å². The Hall–Kier alpha value is -0.0400. The van der Waals surface area contributed by atoms with Crippen molar-refractivity contribution in [3.63, 3.8) is 0 Å². The van der Waals surface area contributed by atoms with Gasteiger partial charge in [-0.1, -0.05) is 20.3 Å². The van der Waals surface area contributed by atoms with Gasteiger partial charge < -0.3 is 15.0 Å². The van der Waals surface area contributed by atoms with Crippen molar-refractivity contribution in [1.29, 1.82) is 0 Å². The molecule has 1 unspecified atom stereocenters. The molecule has 5 heteroatoms. The molecule has 0 aromatic carbocycles. The summed E-state index contributed by atoms with van der Waals surface area (Å²) >= 11 is 0. The minimum Gasteiger partial charge on any atom is -0.382 e. The lowest BCUT2D eigenvalue weighted by molar-refractivity contribution is 0.139. The lowest BCUT2D eigenvalue weighted by Crippen LogP contribution is -2.50. The highest BCUT2D eigenvalue weighted by molar-refractivity contribution is 14.0. The lowest BCUT2D eigenvalue weighted by atomic mass is 9.78. The SMILES string of the molecule is CCCC1(C)CCCN(C(=NC)NCCCOCC)C1.I. The number of halogens is 1. The fourth-order valence-electron chi connectivity index (χ4n) is 3.16. The number of ether oxygens (including phenoxy) is 1. The van der Waals surface area contributed by atoms with E-state index in [-0.39, 0.29) is 24.0 Å². The predicted molar refractivity (Wildman–Crippen MR) is 102 cm³/mol. The number of piperidine rings is 1. The summed E-state index contributed by atoms with van der Waals surface area (Å²) in [4.78, 5) is 6.88. The third-order valence-electron chi connectivity index (χ3n) is 4.10. The van der Waals surface area contributed by atoms with E-state index in [1.165, 1.54) is 25.7 Å². The van der Waals surface area contributed by atoms with Crippen LogP contribution in [0.25, 0.3) is 0 Å². The number of rotatable bonds is 7. The van der Waals surface area contributed by atoms with E-state index in [0.29, 0.717) is 5.41 Å². The van der Waals surface area contributed by atoms with Crippen molar-refractivity contribution >= 4 is 29.9 Å². The number of guanidine groups is 1. The molecule has 0 amide bonds. The van der Waals surface area contributed by atoms with Gasteiger partial charge in [-0.05, 0) is 38.0 Å². The molecule has 0 saturated carbocycles. The van der Waals surface area contributed by atoms with Crippen molar-refractivity contribution in [2.24, 2.45) is 10.4 Å². The number of nitrogens with zero attached hydrogens (tertiary/aromatic N) is 2. The fraction of sp³-hybridized carbons (Fsp3) is 0.938. The van der Waals surface area contributed by atoms with E-state index in [4.69, 9.17) is 4.74 Å². The number of hydrogen-bond donors (Lipinski definition) is 1. The largest absolute Gasteiger partial charge is 0.382 e. The molecule has 126 valence electrons. The van der Waals surface area contributed by atoms with Crippen molar-refractivity contribution < 1.29 is 4.74 Å². The molecule has 1 rings (SSSR count). The highest BCUT2D eigenvalue weighted by atomic mass is 127. The number of hydrogen-bond acceptors (Lipinski definition) is 2. The van der Waals surface area contributed by atoms with Crippen LogP contribution in [-0.2, 0) is 4.74 Å². The quantitative estimate of drug-likeness (QED) is 0.302. The van der Waals surface area contributed by atoms with Crippen LogP contribution in [0.15, 0.2) is 4.99 Å². The Morgan fingerprint density at radius 2 is 2.14 bits per heavy atom. The minimum atomic E-state index is 0. The van der Waals surface area contributed by atoms with E-state index in [1.807, 2.05) is 14.0 Å². The maximum atomic E-state index is 5.37. The molecule has 1 heterocycles. The molecule has 4 nitrogen and oxygen atoms in total. The Balaban J connectivity index is 0.00000400. The predicted octanol–water partition coefficient (Wildman–Crippen LogP) is 3.51. The van der Waals surface area contributed by atoms with Gasteiger partial charge in [-0.3, -0.25) is 4.99 Å². The molecule has 0 bridgehead atoms. The first-order chi connectivity index (χ1) is 9.65. The van der Waals surface area contributed by atoms with Crippen LogP contribution in [0.2, 0.25) is 0 Å². The molecule has 0 radical (unpaired) electrons. The molecule has 1 N–H and O–H groups in total. The van der Waals surface area contributed by atoms with Gasteiger partial charge in [0.05, 0.1) is 0 Å². The van der Waals surface area contributed by atoms with Crippen molar-refractivity contribution in [3.05, 3.63) is 0 Å². The van der Waals surface area contributed by atoms with Crippen LogP contribution in [-0.4, -0.2) is 50.8 Å². The summed E-state index contributed by atoms with van der Waals surface area (Å²) in [5.41, 5.74) is 0.454. The fourth-order valence-corrected chi connectivity index (χ4v) is 3.16. The molecule has 21 heavy (non-hydrogen) atoms. The number of likely N-dealkylation sites (tertiary alicyclic amines) is 1. The standard InChI is InChI=1S/C16H33N3O.HI/c1-5-9-16(3)10-7-12-19(14-16)15(17-4)18-11-8-13-20-6-2;/h5-14H2,1-4H3,(H,17,18);1H. The van der Waals surface area contributed by atoms with Crippen LogP contribution in [0, 0.1) is 5.41 Å². The second-order valence-electron chi connectivity index (χ2n) is 6.11. The third kappa shape index (κ3) is 7.68. The van der Waals surface area contributed by atoms with Crippen LogP contribution in [0.1, 0.15) is 52.9 Å². The van der Waals surface area contributed by atoms with Crippen molar-refractivity contribution in [2.45, 2.75) is 52.9 Å². The smallest absolute Gasteiger partial charge is 0.193 e. The summed E-state index contributed by atoms with van der Waals surface area (Å²) in [6.07, 6.45) is 6.23. The van der Waals surface area contributed by atoms with E-state index in [9.17, 15) is 0 Å². The van der Waals surface area contributed by atoms with Gasteiger partial charge in [0, 0.05) is 39.9 Å². The average Bonchev–Trinajstić information content (AvgIpc) is 2.43. The van der Waals surface area contributed by atoms with Gasteiger partial charge in [0.25, 0.3) is 0 Å². The minimum absolute atomic E-state index is 0. The molecule has 0 aromatic heterocycles. The van der Waals surface area contributed by atoms with E-state index in [1.54, 1.807) is 0 Å². The van der Waals surface area contributed by atoms with E-state index >= 15 is 0 Å². The first-order valence-corrected chi connectivity index (χ1v) is 8.18. The van der Waals surface area contributed by atoms with Crippen molar-refractivity contribution in [2.75, 3.05) is 39.9 Å². The zero-order valence-corrected chi connectivity index (χ0v) is 16.6. The maximum absolute atomic E-state index is 5.37. The highest BCUT2D eigenvalue weighted by Crippen LogP contribution is 2.33. The van der Waals surface area contributed by atoms with E-state index < -0.39 is 0 Å². The topological polar surface area (TPSA) is 36.9 Å².